The van der Waals surface area contributed by atoms with Crippen molar-refractivity contribution in [3.8, 4) is 0 Å². The summed E-state index contributed by atoms with van der Waals surface area (Å²) in [5, 5.41) is 40.1. The third-order valence-electron chi connectivity index (χ3n) is 10.2. The highest BCUT2D eigenvalue weighted by molar-refractivity contribution is 5.70. The topological polar surface area (TPSA) is 152 Å². The fraction of sp³-hybridized carbons (Fsp3) is 0.787. The molecule has 57 heavy (non-hydrogen) atoms. The summed E-state index contributed by atoms with van der Waals surface area (Å²) >= 11 is 0. The lowest BCUT2D eigenvalue weighted by Crippen LogP contribution is -2.59. The van der Waals surface area contributed by atoms with Gasteiger partial charge in [-0.05, 0) is 51.4 Å². The van der Waals surface area contributed by atoms with Gasteiger partial charge in [-0.2, -0.15) is 0 Å². The first-order chi connectivity index (χ1) is 27.8. The molecule has 0 aromatic heterocycles. The molecule has 1 saturated heterocycles. The van der Waals surface area contributed by atoms with Gasteiger partial charge in [-0.3, -0.25) is 9.59 Å². The lowest BCUT2D eigenvalue weighted by atomic mass is 9.99. The number of hydrogen-bond acceptors (Lipinski definition) is 10. The normalized spacial score (nSPS) is 20.7. The first kappa shape index (κ1) is 52.7. The van der Waals surface area contributed by atoms with Crippen LogP contribution in [0.25, 0.3) is 0 Å². The van der Waals surface area contributed by atoms with Gasteiger partial charge in [0.1, 0.15) is 31.0 Å². The van der Waals surface area contributed by atoms with Crippen molar-refractivity contribution in [2.45, 2.75) is 218 Å². The van der Waals surface area contributed by atoms with E-state index in [1.54, 1.807) is 0 Å². The zero-order valence-electron chi connectivity index (χ0n) is 35.8. The second kappa shape index (κ2) is 37.9. The Bertz CT molecular complexity index is 1070. The number of rotatable bonds is 37. The smallest absolute Gasteiger partial charge is 0.306 e. The van der Waals surface area contributed by atoms with E-state index in [1.165, 1.54) is 77.0 Å². The Balaban J connectivity index is 2.30. The summed E-state index contributed by atoms with van der Waals surface area (Å²) in [4.78, 5) is 25.3. The van der Waals surface area contributed by atoms with E-state index in [1.807, 2.05) is 0 Å². The number of hydrogen-bond donors (Lipinski definition) is 4. The van der Waals surface area contributed by atoms with Crippen LogP contribution in [0.3, 0.4) is 0 Å². The average molecular weight is 807 g/mol. The fourth-order valence-corrected chi connectivity index (χ4v) is 6.65. The predicted octanol–water partition coefficient (Wildman–Crippen LogP) is 9.67. The molecule has 330 valence electrons. The summed E-state index contributed by atoms with van der Waals surface area (Å²) in [7, 11) is 0. The monoisotopic (exact) mass is 807 g/mol. The number of carbonyl (C=O) groups is 2. The number of unbranched alkanes of at least 4 members (excludes halogenated alkanes) is 18. The minimum atomic E-state index is -1.60. The van der Waals surface area contributed by atoms with Gasteiger partial charge in [0.2, 0.25) is 0 Å². The summed E-state index contributed by atoms with van der Waals surface area (Å²) in [6.45, 7) is 3.29. The molecule has 1 aliphatic heterocycles. The van der Waals surface area contributed by atoms with Crippen LogP contribution in [-0.2, 0) is 28.5 Å². The van der Waals surface area contributed by atoms with Crippen LogP contribution in [0.2, 0.25) is 0 Å². The average Bonchev–Trinajstić information content (AvgIpc) is 3.21. The van der Waals surface area contributed by atoms with Crippen molar-refractivity contribution in [3.63, 3.8) is 0 Å². The van der Waals surface area contributed by atoms with Crippen molar-refractivity contribution in [1.29, 1.82) is 0 Å². The molecule has 10 heteroatoms. The van der Waals surface area contributed by atoms with Crippen LogP contribution < -0.4 is 0 Å². The molecule has 1 rings (SSSR count). The van der Waals surface area contributed by atoms with E-state index in [-0.39, 0.29) is 32.0 Å². The van der Waals surface area contributed by atoms with Crippen molar-refractivity contribution in [1.82, 2.24) is 0 Å². The molecule has 6 atom stereocenters. The molecule has 4 N–H and O–H groups in total. The van der Waals surface area contributed by atoms with Crippen LogP contribution in [-0.4, -0.2) is 89.0 Å². The molecular weight excluding hydrogens is 725 g/mol. The molecule has 1 heterocycles. The van der Waals surface area contributed by atoms with Gasteiger partial charge in [0, 0.05) is 12.8 Å². The fourth-order valence-electron chi connectivity index (χ4n) is 6.65. The Hall–Kier alpha value is -2.34. The van der Waals surface area contributed by atoms with E-state index < -0.39 is 49.4 Å². The highest BCUT2D eigenvalue weighted by Crippen LogP contribution is 2.22. The quantitative estimate of drug-likeness (QED) is 0.0271. The molecular formula is C47H82O10. The van der Waals surface area contributed by atoms with Crippen LogP contribution in [0.4, 0.5) is 0 Å². The molecule has 0 saturated carbocycles. The van der Waals surface area contributed by atoms with E-state index in [9.17, 15) is 30.0 Å². The summed E-state index contributed by atoms with van der Waals surface area (Å²) < 4.78 is 22.1. The Morgan fingerprint density at radius 2 is 1.04 bits per heavy atom. The third-order valence-corrected chi connectivity index (χ3v) is 10.2. The second-order valence-corrected chi connectivity index (χ2v) is 15.5. The number of esters is 2. The molecule has 1 aliphatic rings. The number of aliphatic hydroxyl groups is 4. The van der Waals surface area contributed by atoms with Gasteiger partial charge < -0.3 is 39.4 Å². The molecule has 0 aliphatic carbocycles. The maximum absolute atomic E-state index is 12.8. The van der Waals surface area contributed by atoms with Crippen LogP contribution >= 0.6 is 0 Å². The molecule has 0 aromatic rings. The molecule has 0 radical (unpaired) electrons. The Labute approximate surface area is 346 Å². The van der Waals surface area contributed by atoms with E-state index >= 15 is 0 Å². The van der Waals surface area contributed by atoms with E-state index in [0.29, 0.717) is 6.42 Å². The maximum atomic E-state index is 12.8. The Morgan fingerprint density at radius 3 is 1.56 bits per heavy atom. The van der Waals surface area contributed by atoms with Gasteiger partial charge in [-0.1, -0.05) is 165 Å². The summed E-state index contributed by atoms with van der Waals surface area (Å²) in [6.07, 6.45) is 36.9. The highest BCUT2D eigenvalue weighted by Gasteiger charge is 2.44. The molecule has 0 aromatic carbocycles. The van der Waals surface area contributed by atoms with Crippen LogP contribution in [0, 0.1) is 0 Å². The number of ether oxygens (including phenoxy) is 4. The second-order valence-electron chi connectivity index (χ2n) is 15.5. The Kier molecular flexibility index (Phi) is 35.0. The van der Waals surface area contributed by atoms with Crippen molar-refractivity contribution < 1.29 is 49.0 Å². The van der Waals surface area contributed by atoms with Crippen molar-refractivity contribution >= 4 is 11.9 Å². The number of allylic oxidation sites excluding steroid dienone is 8. The van der Waals surface area contributed by atoms with Gasteiger partial charge in [0.05, 0.1) is 13.2 Å². The van der Waals surface area contributed by atoms with Crippen molar-refractivity contribution in [2.75, 3.05) is 19.8 Å². The molecule has 1 fully saturated rings. The van der Waals surface area contributed by atoms with E-state index in [2.05, 4.69) is 62.5 Å². The van der Waals surface area contributed by atoms with Gasteiger partial charge in [0.15, 0.2) is 12.4 Å². The minimum Gasteiger partial charge on any atom is -0.462 e. The minimum absolute atomic E-state index is 0.220. The standard InChI is InChI=1S/C47H82O10/c1-3-5-7-9-11-13-15-16-17-18-19-20-21-22-23-24-26-28-30-32-34-36-43(50)56-40(39-55-47-46(53)45(52)44(51)41(37-48)57-47)38-54-42(49)35-33-31-29-27-25-14-12-10-8-6-4-2/h5,7,11,13,16-17,19-20,40-41,44-48,51-53H,3-4,6,8-10,12,14-15,18,21-39H2,1-2H3/b7-5-,13-11-,17-16-,20-19-. The first-order valence-electron chi connectivity index (χ1n) is 22.7. The van der Waals surface area contributed by atoms with Crippen LogP contribution in [0.1, 0.15) is 181 Å². The van der Waals surface area contributed by atoms with Gasteiger partial charge in [0.25, 0.3) is 0 Å². The molecule has 0 spiro atoms. The summed E-state index contributed by atoms with van der Waals surface area (Å²) in [5.74, 6) is -0.816. The molecule has 0 bridgehead atoms. The van der Waals surface area contributed by atoms with E-state index in [4.69, 9.17) is 18.9 Å². The SMILES string of the molecule is CC/C=C\C/C=C\C/C=C\C/C=C\CCCCCCCCCCC(=O)OC(COC(=O)CCCCCCCCCCCCC)COC1OC(CO)C(O)C(O)C1O. The van der Waals surface area contributed by atoms with Crippen LogP contribution in [0.15, 0.2) is 48.6 Å². The van der Waals surface area contributed by atoms with Crippen molar-refractivity contribution in [3.05, 3.63) is 48.6 Å². The first-order valence-corrected chi connectivity index (χ1v) is 22.7. The zero-order valence-corrected chi connectivity index (χ0v) is 35.8. The van der Waals surface area contributed by atoms with Crippen molar-refractivity contribution in [2.24, 2.45) is 0 Å². The van der Waals surface area contributed by atoms with Gasteiger partial charge in [-0.15, -0.1) is 0 Å². The number of aliphatic hydroxyl groups excluding tert-OH is 4. The summed E-state index contributed by atoms with van der Waals surface area (Å²) in [6, 6.07) is 0. The Morgan fingerprint density at radius 1 is 0.561 bits per heavy atom. The van der Waals surface area contributed by atoms with Crippen LogP contribution in [0.5, 0.6) is 0 Å². The molecule has 10 nitrogen and oxygen atoms in total. The maximum Gasteiger partial charge on any atom is 0.306 e. The largest absolute Gasteiger partial charge is 0.462 e. The molecule has 6 unspecified atom stereocenters. The third kappa shape index (κ3) is 29.5. The summed E-state index contributed by atoms with van der Waals surface area (Å²) in [5.41, 5.74) is 0. The lowest BCUT2D eigenvalue weighted by Gasteiger charge is -2.39. The van der Waals surface area contributed by atoms with E-state index in [0.717, 1.165) is 70.6 Å². The lowest BCUT2D eigenvalue weighted by molar-refractivity contribution is -0.305. The molecule has 0 amide bonds. The van der Waals surface area contributed by atoms with Gasteiger partial charge in [-0.25, -0.2) is 0 Å². The zero-order chi connectivity index (χ0) is 41.6. The van der Waals surface area contributed by atoms with Gasteiger partial charge >= 0.3 is 11.9 Å². The predicted molar refractivity (Wildman–Crippen MR) is 229 cm³/mol. The highest BCUT2D eigenvalue weighted by atomic mass is 16.7. The number of carbonyl (C=O) groups excluding carboxylic acids is 2.